The van der Waals surface area contributed by atoms with Crippen LogP contribution in [0.15, 0.2) is 205 Å². The summed E-state index contributed by atoms with van der Waals surface area (Å²) in [5, 5.41) is 1.95. The zero-order valence-corrected chi connectivity index (χ0v) is 29.8. The van der Waals surface area contributed by atoms with E-state index in [1.165, 1.54) is 0 Å². The van der Waals surface area contributed by atoms with Crippen molar-refractivity contribution in [2.75, 3.05) is 0 Å². The van der Waals surface area contributed by atoms with E-state index in [-0.39, 0.29) is 0 Å². The molecule has 0 bridgehead atoms. The molecule has 3 aromatic heterocycles. The zero-order valence-electron chi connectivity index (χ0n) is 29.8. The highest BCUT2D eigenvalue weighted by molar-refractivity contribution is 6.17. The Hall–Kier alpha value is -7.43. The number of rotatable bonds is 7. The van der Waals surface area contributed by atoms with Crippen LogP contribution in [0.25, 0.3) is 101 Å². The van der Waals surface area contributed by atoms with E-state index in [4.69, 9.17) is 19.4 Å². The molecular formula is C51H33N3O. The van der Waals surface area contributed by atoms with Crippen LogP contribution in [0.3, 0.4) is 0 Å². The highest BCUT2D eigenvalue weighted by Gasteiger charge is 2.24. The second kappa shape index (κ2) is 13.8. The van der Waals surface area contributed by atoms with Crippen LogP contribution in [0, 0.1) is 0 Å². The topological polar surface area (TPSA) is 51.8 Å². The molecule has 258 valence electrons. The van der Waals surface area contributed by atoms with Crippen molar-refractivity contribution in [1.82, 2.24) is 15.0 Å². The van der Waals surface area contributed by atoms with Crippen molar-refractivity contribution in [3.05, 3.63) is 200 Å². The number of benzene rings is 7. The van der Waals surface area contributed by atoms with Crippen molar-refractivity contribution in [1.29, 1.82) is 0 Å². The number of fused-ring (bicyclic) bond motifs is 3. The SMILES string of the molecule is c1ccc(-c2cc(-c3cccc(-c4ccc5nc(-c6ccccc6)c6c(-c7ccccc7)c(-c7ccccc7)oc6c5c4)c3)nc(-c3ccccc3)n2)cc1. The molecule has 0 radical (unpaired) electrons. The van der Waals surface area contributed by atoms with E-state index in [1.54, 1.807) is 0 Å². The summed E-state index contributed by atoms with van der Waals surface area (Å²) in [6.07, 6.45) is 0. The van der Waals surface area contributed by atoms with Crippen molar-refractivity contribution >= 4 is 21.9 Å². The largest absolute Gasteiger partial charge is 0.455 e. The predicted molar refractivity (Wildman–Crippen MR) is 225 cm³/mol. The van der Waals surface area contributed by atoms with Gasteiger partial charge in [-0.3, -0.25) is 0 Å². The van der Waals surface area contributed by atoms with E-state index < -0.39 is 0 Å². The van der Waals surface area contributed by atoms with E-state index in [1.807, 2.05) is 54.6 Å². The van der Waals surface area contributed by atoms with Gasteiger partial charge in [-0.25, -0.2) is 15.0 Å². The summed E-state index contributed by atoms with van der Waals surface area (Å²) in [4.78, 5) is 15.5. The molecule has 55 heavy (non-hydrogen) atoms. The Morgan fingerprint density at radius 3 is 1.51 bits per heavy atom. The molecule has 0 amide bonds. The lowest BCUT2D eigenvalue weighted by atomic mass is 9.94. The molecule has 0 fully saturated rings. The van der Waals surface area contributed by atoms with Crippen LogP contribution in [-0.4, -0.2) is 15.0 Å². The van der Waals surface area contributed by atoms with Gasteiger partial charge in [-0.05, 0) is 41.0 Å². The summed E-state index contributed by atoms with van der Waals surface area (Å²) < 4.78 is 7.05. The first kappa shape index (κ1) is 32.2. The second-order valence-electron chi connectivity index (χ2n) is 13.6. The molecule has 0 aliphatic heterocycles. The smallest absolute Gasteiger partial charge is 0.160 e. The van der Waals surface area contributed by atoms with Crippen molar-refractivity contribution in [3.8, 4) is 78.7 Å². The normalized spacial score (nSPS) is 11.3. The fourth-order valence-electron chi connectivity index (χ4n) is 7.42. The van der Waals surface area contributed by atoms with Gasteiger partial charge in [0.1, 0.15) is 11.3 Å². The molecule has 0 saturated heterocycles. The van der Waals surface area contributed by atoms with Gasteiger partial charge in [-0.2, -0.15) is 0 Å². The zero-order chi connectivity index (χ0) is 36.6. The molecule has 0 aliphatic carbocycles. The average molecular weight is 704 g/mol. The Balaban J connectivity index is 1.17. The van der Waals surface area contributed by atoms with Gasteiger partial charge in [-0.15, -0.1) is 0 Å². The third kappa shape index (κ3) is 6.06. The van der Waals surface area contributed by atoms with Gasteiger partial charge < -0.3 is 4.42 Å². The van der Waals surface area contributed by atoms with Gasteiger partial charge in [0.15, 0.2) is 5.82 Å². The molecule has 10 aromatic rings. The van der Waals surface area contributed by atoms with Crippen LogP contribution in [0.2, 0.25) is 0 Å². The minimum Gasteiger partial charge on any atom is -0.455 e. The molecule has 0 aliphatic rings. The highest BCUT2D eigenvalue weighted by Crippen LogP contribution is 2.47. The fourth-order valence-corrected chi connectivity index (χ4v) is 7.42. The van der Waals surface area contributed by atoms with Gasteiger partial charge in [0.2, 0.25) is 0 Å². The van der Waals surface area contributed by atoms with Gasteiger partial charge in [-0.1, -0.05) is 176 Å². The molecule has 4 nitrogen and oxygen atoms in total. The fraction of sp³-hybridized carbons (Fsp3) is 0. The quantitative estimate of drug-likeness (QED) is 0.166. The monoisotopic (exact) mass is 703 g/mol. The Morgan fingerprint density at radius 2 is 0.855 bits per heavy atom. The first-order valence-corrected chi connectivity index (χ1v) is 18.4. The molecular weight excluding hydrogens is 671 g/mol. The third-order valence-electron chi connectivity index (χ3n) is 10.1. The van der Waals surface area contributed by atoms with Crippen molar-refractivity contribution in [3.63, 3.8) is 0 Å². The number of hydrogen-bond donors (Lipinski definition) is 0. The highest BCUT2D eigenvalue weighted by atomic mass is 16.3. The van der Waals surface area contributed by atoms with Crippen LogP contribution < -0.4 is 0 Å². The first-order chi connectivity index (χ1) is 27.3. The molecule has 0 saturated carbocycles. The Bertz CT molecular complexity index is 2890. The molecule has 0 spiro atoms. The Labute approximate surface area is 319 Å². The summed E-state index contributed by atoms with van der Waals surface area (Å²) in [7, 11) is 0. The molecule has 3 heterocycles. The van der Waals surface area contributed by atoms with E-state index in [9.17, 15) is 0 Å². The standard InChI is InChI=1S/C51H33N3O/c1-6-17-34(18-7-1)44-33-45(54-51(53-44)38-25-14-5-15-26-38)41-28-16-27-39(31-41)40-29-30-43-42(32-40)50-47(48(52-43)36-21-10-3-11-22-36)46(35-19-8-2-9-20-35)49(55-50)37-23-12-4-13-24-37/h1-33H. The van der Waals surface area contributed by atoms with Crippen LogP contribution >= 0.6 is 0 Å². The molecule has 7 aromatic carbocycles. The molecule has 0 unspecified atom stereocenters. The first-order valence-electron chi connectivity index (χ1n) is 18.4. The Morgan fingerprint density at radius 1 is 0.345 bits per heavy atom. The lowest BCUT2D eigenvalue weighted by Crippen LogP contribution is -1.96. The maximum absolute atomic E-state index is 7.05. The number of pyridine rings is 1. The third-order valence-corrected chi connectivity index (χ3v) is 10.1. The number of furan rings is 1. The predicted octanol–water partition coefficient (Wildman–Crippen LogP) is 13.4. The van der Waals surface area contributed by atoms with Crippen LogP contribution in [0.4, 0.5) is 0 Å². The Kier molecular flexibility index (Phi) is 8.12. The van der Waals surface area contributed by atoms with Gasteiger partial charge in [0.05, 0.1) is 28.0 Å². The van der Waals surface area contributed by atoms with E-state index in [0.717, 1.165) is 94.8 Å². The van der Waals surface area contributed by atoms with E-state index in [2.05, 4.69) is 146 Å². The second-order valence-corrected chi connectivity index (χ2v) is 13.6. The van der Waals surface area contributed by atoms with Gasteiger partial charge >= 0.3 is 0 Å². The lowest BCUT2D eigenvalue weighted by Gasteiger charge is -2.12. The molecule has 4 heteroatoms. The number of aromatic nitrogens is 3. The maximum Gasteiger partial charge on any atom is 0.160 e. The van der Waals surface area contributed by atoms with E-state index in [0.29, 0.717) is 5.82 Å². The van der Waals surface area contributed by atoms with E-state index >= 15 is 0 Å². The molecule has 10 rings (SSSR count). The van der Waals surface area contributed by atoms with Crippen molar-refractivity contribution in [2.24, 2.45) is 0 Å². The van der Waals surface area contributed by atoms with Crippen LogP contribution in [-0.2, 0) is 0 Å². The molecule has 0 N–H and O–H groups in total. The summed E-state index contributed by atoms with van der Waals surface area (Å²) in [6, 6.07) is 68.9. The summed E-state index contributed by atoms with van der Waals surface area (Å²) in [5.74, 6) is 1.52. The summed E-state index contributed by atoms with van der Waals surface area (Å²) in [5.41, 5.74) is 13.7. The van der Waals surface area contributed by atoms with Crippen LogP contribution in [0.5, 0.6) is 0 Å². The number of hydrogen-bond acceptors (Lipinski definition) is 4. The minimum absolute atomic E-state index is 0.692. The minimum atomic E-state index is 0.692. The summed E-state index contributed by atoms with van der Waals surface area (Å²) >= 11 is 0. The van der Waals surface area contributed by atoms with Crippen molar-refractivity contribution in [2.45, 2.75) is 0 Å². The number of nitrogens with zero attached hydrogens (tertiary/aromatic N) is 3. The molecule has 0 atom stereocenters. The summed E-state index contributed by atoms with van der Waals surface area (Å²) in [6.45, 7) is 0. The van der Waals surface area contributed by atoms with Crippen LogP contribution in [0.1, 0.15) is 0 Å². The van der Waals surface area contributed by atoms with Crippen molar-refractivity contribution < 1.29 is 4.42 Å². The maximum atomic E-state index is 7.05. The average Bonchev–Trinajstić information content (AvgIpc) is 3.69. The van der Waals surface area contributed by atoms with Gasteiger partial charge in [0.25, 0.3) is 0 Å². The van der Waals surface area contributed by atoms with Gasteiger partial charge in [0, 0.05) is 38.8 Å². The lowest BCUT2D eigenvalue weighted by molar-refractivity contribution is 0.636.